The summed E-state index contributed by atoms with van der Waals surface area (Å²) in [5.41, 5.74) is 1.72. The van der Waals surface area contributed by atoms with E-state index in [9.17, 15) is 0 Å². The summed E-state index contributed by atoms with van der Waals surface area (Å²) in [7, 11) is 0. The van der Waals surface area contributed by atoms with Gasteiger partial charge < -0.3 is 5.32 Å². The van der Waals surface area contributed by atoms with Crippen molar-refractivity contribution in [3.8, 4) is 0 Å². The minimum absolute atomic E-state index is 0.422. The van der Waals surface area contributed by atoms with Crippen molar-refractivity contribution in [3.63, 3.8) is 0 Å². The molecular formula is C16H27N3S. The molecule has 4 heteroatoms. The summed E-state index contributed by atoms with van der Waals surface area (Å²) in [5, 5.41) is 7.22. The van der Waals surface area contributed by atoms with Gasteiger partial charge in [0.05, 0.1) is 10.7 Å². The van der Waals surface area contributed by atoms with Crippen molar-refractivity contribution in [2.75, 3.05) is 19.6 Å². The van der Waals surface area contributed by atoms with Gasteiger partial charge in [0.2, 0.25) is 0 Å². The molecule has 1 aromatic rings. The summed E-state index contributed by atoms with van der Waals surface area (Å²) < 4.78 is 0. The normalized spacial score (nSPS) is 23.2. The lowest BCUT2D eigenvalue weighted by molar-refractivity contribution is 0.0200. The van der Waals surface area contributed by atoms with Crippen LogP contribution in [0.25, 0.3) is 0 Å². The van der Waals surface area contributed by atoms with Crippen molar-refractivity contribution in [3.05, 3.63) is 16.1 Å². The van der Waals surface area contributed by atoms with Crippen LogP contribution in [-0.2, 0) is 13.0 Å². The van der Waals surface area contributed by atoms with E-state index in [4.69, 9.17) is 4.98 Å². The van der Waals surface area contributed by atoms with Gasteiger partial charge >= 0.3 is 0 Å². The zero-order chi connectivity index (χ0) is 13.8. The third-order valence-corrected chi connectivity index (χ3v) is 5.84. The van der Waals surface area contributed by atoms with Gasteiger partial charge in [-0.1, -0.05) is 26.2 Å². The van der Waals surface area contributed by atoms with Crippen molar-refractivity contribution < 1.29 is 0 Å². The lowest BCUT2D eigenvalue weighted by Crippen LogP contribution is -2.61. The van der Waals surface area contributed by atoms with Crippen LogP contribution in [0.15, 0.2) is 5.38 Å². The van der Waals surface area contributed by atoms with Crippen LogP contribution in [0.1, 0.15) is 56.2 Å². The maximum absolute atomic E-state index is 4.83. The highest BCUT2D eigenvalue weighted by Crippen LogP contribution is 2.35. The van der Waals surface area contributed by atoms with Crippen LogP contribution in [0.3, 0.4) is 0 Å². The zero-order valence-electron chi connectivity index (χ0n) is 12.7. The number of hydrogen-bond acceptors (Lipinski definition) is 4. The first kappa shape index (κ1) is 14.5. The highest BCUT2D eigenvalue weighted by atomic mass is 32.1. The zero-order valence-corrected chi connectivity index (χ0v) is 13.5. The molecule has 0 aromatic carbocycles. The first-order valence-electron chi connectivity index (χ1n) is 8.21. The Labute approximate surface area is 126 Å². The molecule has 2 aliphatic rings. The molecule has 0 unspecified atom stereocenters. The van der Waals surface area contributed by atoms with Gasteiger partial charge in [-0.3, -0.25) is 4.90 Å². The molecule has 1 aliphatic carbocycles. The summed E-state index contributed by atoms with van der Waals surface area (Å²) in [5.74, 6) is 0. The molecule has 1 saturated carbocycles. The monoisotopic (exact) mass is 293 g/mol. The minimum atomic E-state index is 0.422. The van der Waals surface area contributed by atoms with Crippen molar-refractivity contribution in [1.82, 2.24) is 15.2 Å². The molecule has 2 heterocycles. The van der Waals surface area contributed by atoms with Crippen LogP contribution in [0.2, 0.25) is 0 Å². The number of piperazine rings is 1. The number of aromatic nitrogens is 1. The Bertz CT molecular complexity index is 415. The fourth-order valence-corrected chi connectivity index (χ4v) is 4.67. The van der Waals surface area contributed by atoms with Gasteiger partial charge in [-0.05, 0) is 25.7 Å². The summed E-state index contributed by atoms with van der Waals surface area (Å²) >= 11 is 1.84. The van der Waals surface area contributed by atoms with Gasteiger partial charge in [0.25, 0.3) is 0 Å². The molecule has 0 amide bonds. The van der Waals surface area contributed by atoms with Gasteiger partial charge in [0.1, 0.15) is 0 Å². The Balaban J connectivity index is 1.69. The number of thiazole rings is 1. The summed E-state index contributed by atoms with van der Waals surface area (Å²) in [4.78, 5) is 7.56. The minimum Gasteiger partial charge on any atom is -0.314 e. The molecule has 1 saturated heterocycles. The Kier molecular flexibility index (Phi) is 4.74. The molecule has 20 heavy (non-hydrogen) atoms. The third kappa shape index (κ3) is 3.07. The molecule has 3 nitrogen and oxygen atoms in total. The summed E-state index contributed by atoms with van der Waals surface area (Å²) in [6.45, 7) is 6.78. The van der Waals surface area contributed by atoms with E-state index in [0.717, 1.165) is 19.5 Å². The van der Waals surface area contributed by atoms with Gasteiger partial charge in [-0.15, -0.1) is 11.3 Å². The summed E-state index contributed by atoms with van der Waals surface area (Å²) in [6.07, 6.45) is 9.29. The molecule has 1 N–H and O–H groups in total. The van der Waals surface area contributed by atoms with Crippen LogP contribution in [0, 0.1) is 0 Å². The second kappa shape index (κ2) is 6.54. The molecule has 1 spiro atoms. The molecule has 1 aromatic heterocycles. The van der Waals surface area contributed by atoms with Gasteiger partial charge in [0.15, 0.2) is 0 Å². The van der Waals surface area contributed by atoms with Crippen molar-refractivity contribution in [1.29, 1.82) is 0 Å². The lowest BCUT2D eigenvalue weighted by Gasteiger charge is -2.49. The van der Waals surface area contributed by atoms with E-state index in [1.165, 1.54) is 62.3 Å². The van der Waals surface area contributed by atoms with Crippen LogP contribution in [0.4, 0.5) is 0 Å². The fourth-order valence-electron chi connectivity index (χ4n) is 3.78. The molecule has 112 valence electrons. The summed E-state index contributed by atoms with van der Waals surface area (Å²) in [6, 6.07) is 0. The number of rotatable bonds is 4. The maximum atomic E-state index is 4.83. The van der Waals surface area contributed by atoms with E-state index in [1.807, 2.05) is 11.3 Å². The Hall–Kier alpha value is -0.450. The average Bonchev–Trinajstić information content (AvgIpc) is 2.91. The van der Waals surface area contributed by atoms with E-state index >= 15 is 0 Å². The molecule has 2 fully saturated rings. The van der Waals surface area contributed by atoms with Crippen LogP contribution < -0.4 is 5.32 Å². The maximum Gasteiger partial charge on any atom is 0.0928 e. The first-order valence-corrected chi connectivity index (χ1v) is 9.09. The highest BCUT2D eigenvalue weighted by Gasteiger charge is 2.39. The second-order valence-electron chi connectivity index (χ2n) is 6.37. The van der Waals surface area contributed by atoms with E-state index in [1.54, 1.807) is 0 Å². The van der Waals surface area contributed by atoms with Crippen LogP contribution >= 0.6 is 11.3 Å². The third-order valence-electron chi connectivity index (χ3n) is 4.88. The Morgan fingerprint density at radius 1 is 1.35 bits per heavy atom. The van der Waals surface area contributed by atoms with Gasteiger partial charge in [-0.2, -0.15) is 0 Å². The van der Waals surface area contributed by atoms with E-state index in [0.29, 0.717) is 5.54 Å². The molecule has 0 radical (unpaired) electrons. The lowest BCUT2D eigenvalue weighted by atomic mass is 9.79. The molecular weight excluding hydrogens is 266 g/mol. The largest absolute Gasteiger partial charge is 0.314 e. The number of nitrogens with zero attached hydrogens (tertiary/aromatic N) is 2. The van der Waals surface area contributed by atoms with Crippen LogP contribution in [-0.4, -0.2) is 35.1 Å². The van der Waals surface area contributed by atoms with Crippen molar-refractivity contribution >= 4 is 11.3 Å². The second-order valence-corrected chi connectivity index (χ2v) is 7.31. The molecule has 0 atom stereocenters. The highest BCUT2D eigenvalue weighted by molar-refractivity contribution is 7.09. The Morgan fingerprint density at radius 2 is 2.20 bits per heavy atom. The van der Waals surface area contributed by atoms with E-state index < -0.39 is 0 Å². The van der Waals surface area contributed by atoms with Crippen LogP contribution in [0.5, 0.6) is 0 Å². The van der Waals surface area contributed by atoms with E-state index in [2.05, 4.69) is 22.5 Å². The SMILES string of the molecule is CCCc1nc(CN2CCNCC23CCCCC3)cs1. The Morgan fingerprint density at radius 3 is 3.00 bits per heavy atom. The standard InChI is InChI=1S/C16H27N3S/c1-2-6-15-18-14(12-20-15)11-19-10-9-17-13-16(19)7-4-3-5-8-16/h12,17H,2-11,13H2,1H3. The van der Waals surface area contributed by atoms with Crippen molar-refractivity contribution in [2.24, 2.45) is 0 Å². The smallest absolute Gasteiger partial charge is 0.0928 e. The predicted octanol–water partition coefficient (Wildman–Crippen LogP) is 3.20. The molecule has 3 rings (SSSR count). The first-order chi connectivity index (χ1) is 9.82. The number of hydrogen-bond donors (Lipinski definition) is 1. The van der Waals surface area contributed by atoms with Crippen molar-refractivity contribution in [2.45, 2.75) is 64.0 Å². The topological polar surface area (TPSA) is 28.2 Å². The molecule has 0 bridgehead atoms. The fraction of sp³-hybridized carbons (Fsp3) is 0.812. The van der Waals surface area contributed by atoms with Gasteiger partial charge in [-0.25, -0.2) is 4.98 Å². The number of nitrogens with one attached hydrogen (secondary N) is 1. The van der Waals surface area contributed by atoms with Gasteiger partial charge in [0, 0.05) is 37.1 Å². The number of aryl methyl sites for hydroxylation is 1. The quantitative estimate of drug-likeness (QED) is 0.924. The average molecular weight is 293 g/mol. The van der Waals surface area contributed by atoms with E-state index in [-0.39, 0.29) is 0 Å². The predicted molar refractivity (Wildman–Crippen MR) is 85.2 cm³/mol. The molecule has 1 aliphatic heterocycles.